The second-order valence-corrected chi connectivity index (χ2v) is 5.06. The van der Waals surface area contributed by atoms with E-state index in [0.29, 0.717) is 11.5 Å². The first-order chi connectivity index (χ1) is 11.7. The highest BCUT2D eigenvalue weighted by molar-refractivity contribution is 5.98. The van der Waals surface area contributed by atoms with E-state index in [2.05, 4.69) is 10.4 Å². The summed E-state index contributed by atoms with van der Waals surface area (Å²) in [5, 5.41) is 0. The molecule has 1 aromatic heterocycles. The zero-order chi connectivity index (χ0) is 16.9. The van der Waals surface area contributed by atoms with Crippen LogP contribution in [-0.4, -0.2) is 29.8 Å². The third kappa shape index (κ3) is 3.38. The number of methoxy groups -OCH3 is 2. The number of aromatic nitrogens is 2. The van der Waals surface area contributed by atoms with Gasteiger partial charge in [0, 0.05) is 12.1 Å². The molecule has 6 nitrogen and oxygen atoms in total. The first-order valence-corrected chi connectivity index (χ1v) is 7.34. The van der Waals surface area contributed by atoms with Gasteiger partial charge in [-0.2, -0.15) is 0 Å². The lowest BCUT2D eigenvalue weighted by Crippen LogP contribution is -2.19. The number of nitrogens with zero attached hydrogens (tertiary/aromatic N) is 2. The summed E-state index contributed by atoms with van der Waals surface area (Å²) in [7, 11) is 3.16. The maximum Gasteiger partial charge on any atom is 0.262 e. The normalized spacial score (nSPS) is 10.9. The molecule has 3 rings (SSSR count). The van der Waals surface area contributed by atoms with Crippen molar-refractivity contribution < 1.29 is 14.3 Å². The van der Waals surface area contributed by atoms with Crippen molar-refractivity contribution in [2.45, 2.75) is 0 Å². The van der Waals surface area contributed by atoms with Crippen LogP contribution in [0.5, 0.6) is 11.5 Å². The van der Waals surface area contributed by atoms with Crippen molar-refractivity contribution in [2.24, 2.45) is 0 Å². The van der Waals surface area contributed by atoms with Gasteiger partial charge in [-0.15, -0.1) is 0 Å². The van der Waals surface area contributed by atoms with Crippen LogP contribution in [0.25, 0.3) is 17.1 Å². The number of nitrogens with one attached hydrogen (secondary N) is 1. The molecule has 1 heterocycles. The first-order valence-electron chi connectivity index (χ1n) is 7.34. The zero-order valence-electron chi connectivity index (χ0n) is 13.4. The maximum atomic E-state index is 12.1. The molecule has 0 atom stereocenters. The summed E-state index contributed by atoms with van der Waals surface area (Å²) in [5.41, 5.74) is 5.22. The van der Waals surface area contributed by atoms with E-state index in [1.165, 1.54) is 6.08 Å². The highest BCUT2D eigenvalue weighted by Gasteiger charge is 2.04. The number of carbonyl (C=O) groups is 1. The number of ether oxygens (including phenoxy) is 2. The molecule has 0 spiro atoms. The van der Waals surface area contributed by atoms with Crippen molar-refractivity contribution in [3.63, 3.8) is 0 Å². The average Bonchev–Trinajstić information content (AvgIpc) is 3.02. The molecule has 0 bridgehead atoms. The predicted octanol–water partition coefficient (Wildman–Crippen LogP) is 2.84. The highest BCUT2D eigenvalue weighted by atomic mass is 16.5. The average molecular weight is 323 g/mol. The summed E-state index contributed by atoms with van der Waals surface area (Å²) in [6.45, 7) is 0. The number of hydrogen-bond donors (Lipinski definition) is 1. The molecule has 0 aliphatic heterocycles. The van der Waals surface area contributed by atoms with Crippen LogP contribution >= 0.6 is 0 Å². The number of benzene rings is 2. The van der Waals surface area contributed by atoms with Crippen LogP contribution in [0.2, 0.25) is 0 Å². The Hall–Kier alpha value is -3.28. The van der Waals surface area contributed by atoms with Gasteiger partial charge in [-0.25, -0.2) is 9.66 Å². The van der Waals surface area contributed by atoms with Gasteiger partial charge in [0.15, 0.2) is 0 Å². The number of rotatable bonds is 5. The number of amides is 1. The number of fused-ring (bicyclic) bond motifs is 1. The fourth-order valence-corrected chi connectivity index (χ4v) is 2.30. The van der Waals surface area contributed by atoms with Crippen molar-refractivity contribution in [2.75, 3.05) is 19.6 Å². The summed E-state index contributed by atoms with van der Waals surface area (Å²) >= 11 is 0. The fraction of sp³-hybridized carbons (Fsp3) is 0.111. The van der Waals surface area contributed by atoms with E-state index in [1.807, 2.05) is 36.4 Å². The monoisotopic (exact) mass is 323 g/mol. The highest BCUT2D eigenvalue weighted by Crippen LogP contribution is 2.23. The van der Waals surface area contributed by atoms with Crippen molar-refractivity contribution in [3.05, 3.63) is 60.4 Å². The van der Waals surface area contributed by atoms with Crippen LogP contribution < -0.4 is 14.9 Å². The van der Waals surface area contributed by atoms with Gasteiger partial charge in [0.25, 0.3) is 5.91 Å². The van der Waals surface area contributed by atoms with Gasteiger partial charge in [-0.1, -0.05) is 12.1 Å². The maximum absolute atomic E-state index is 12.1. The Morgan fingerprint density at radius 1 is 1.12 bits per heavy atom. The molecule has 0 fully saturated rings. The molecule has 1 amide bonds. The fourth-order valence-electron chi connectivity index (χ4n) is 2.30. The van der Waals surface area contributed by atoms with E-state index in [0.717, 1.165) is 16.6 Å². The quantitative estimate of drug-likeness (QED) is 0.733. The van der Waals surface area contributed by atoms with Gasteiger partial charge >= 0.3 is 0 Å². The second-order valence-electron chi connectivity index (χ2n) is 5.06. The number of carbonyl (C=O) groups excluding carboxylic acids is 1. The Morgan fingerprint density at radius 3 is 2.54 bits per heavy atom. The Bertz CT molecular complexity index is 877. The molecule has 0 unspecified atom stereocenters. The Morgan fingerprint density at radius 2 is 1.83 bits per heavy atom. The van der Waals surface area contributed by atoms with E-state index in [-0.39, 0.29) is 5.91 Å². The molecule has 6 heteroatoms. The standard InChI is InChI=1S/C18H17N3O3/c1-23-14-9-13(10-15(11-14)24-2)7-8-18(22)20-21-12-19-16-5-3-4-6-17(16)21/h3-12H,1-2H3,(H,20,22)/b8-7+. The van der Waals surface area contributed by atoms with Crippen molar-refractivity contribution >= 4 is 23.0 Å². The van der Waals surface area contributed by atoms with Crippen LogP contribution in [0.3, 0.4) is 0 Å². The van der Waals surface area contributed by atoms with Gasteiger partial charge in [0.2, 0.25) is 0 Å². The largest absolute Gasteiger partial charge is 0.497 e. The third-order valence-electron chi connectivity index (χ3n) is 3.49. The lowest BCUT2D eigenvalue weighted by molar-refractivity contribution is -0.112. The molecule has 0 saturated heterocycles. The van der Waals surface area contributed by atoms with E-state index in [4.69, 9.17) is 9.47 Å². The summed E-state index contributed by atoms with van der Waals surface area (Å²) < 4.78 is 12.0. The van der Waals surface area contributed by atoms with Crippen LogP contribution in [0.15, 0.2) is 54.9 Å². The number of para-hydroxylation sites is 2. The molecule has 1 N–H and O–H groups in total. The minimum atomic E-state index is -0.264. The molecule has 0 aliphatic carbocycles. The molecule has 3 aromatic rings. The summed E-state index contributed by atoms with van der Waals surface area (Å²) in [6, 6.07) is 13.0. The number of imidazole rings is 1. The number of hydrogen-bond acceptors (Lipinski definition) is 4. The Labute approximate surface area is 139 Å². The summed E-state index contributed by atoms with van der Waals surface area (Å²) in [5.74, 6) is 1.06. The topological polar surface area (TPSA) is 65.4 Å². The van der Waals surface area contributed by atoms with Gasteiger partial charge in [-0.05, 0) is 35.9 Å². The minimum Gasteiger partial charge on any atom is -0.497 e. The SMILES string of the molecule is COc1cc(/C=C/C(=O)Nn2cnc3ccccc32)cc(OC)c1. The van der Waals surface area contributed by atoms with Gasteiger partial charge < -0.3 is 9.47 Å². The van der Waals surface area contributed by atoms with E-state index in [1.54, 1.807) is 37.4 Å². The van der Waals surface area contributed by atoms with Crippen LogP contribution in [0.4, 0.5) is 0 Å². The lowest BCUT2D eigenvalue weighted by atomic mass is 10.2. The Kier molecular flexibility index (Phi) is 4.47. The van der Waals surface area contributed by atoms with Gasteiger partial charge in [0.05, 0.1) is 25.3 Å². The second kappa shape index (κ2) is 6.87. The van der Waals surface area contributed by atoms with Gasteiger partial charge in [-0.3, -0.25) is 10.2 Å². The predicted molar refractivity (Wildman–Crippen MR) is 92.7 cm³/mol. The van der Waals surface area contributed by atoms with E-state index < -0.39 is 0 Å². The van der Waals surface area contributed by atoms with Crippen LogP contribution in [0.1, 0.15) is 5.56 Å². The van der Waals surface area contributed by atoms with Crippen LogP contribution in [0, 0.1) is 0 Å². The summed E-state index contributed by atoms with van der Waals surface area (Å²) in [6.07, 6.45) is 4.72. The zero-order valence-corrected chi connectivity index (χ0v) is 13.4. The minimum absolute atomic E-state index is 0.264. The smallest absolute Gasteiger partial charge is 0.262 e. The molecule has 24 heavy (non-hydrogen) atoms. The van der Waals surface area contributed by atoms with Crippen molar-refractivity contribution in [1.82, 2.24) is 9.66 Å². The molecule has 0 aliphatic rings. The molecular formula is C18H17N3O3. The van der Waals surface area contributed by atoms with Gasteiger partial charge in [0.1, 0.15) is 17.8 Å². The molecule has 2 aromatic carbocycles. The lowest BCUT2D eigenvalue weighted by Gasteiger charge is -2.06. The van der Waals surface area contributed by atoms with E-state index in [9.17, 15) is 4.79 Å². The molecule has 0 radical (unpaired) electrons. The molecule has 122 valence electrons. The van der Waals surface area contributed by atoms with E-state index >= 15 is 0 Å². The first kappa shape index (κ1) is 15.6. The summed E-state index contributed by atoms with van der Waals surface area (Å²) in [4.78, 5) is 16.4. The van der Waals surface area contributed by atoms with Crippen molar-refractivity contribution in [1.29, 1.82) is 0 Å². The molecule has 0 saturated carbocycles. The van der Waals surface area contributed by atoms with Crippen LogP contribution in [-0.2, 0) is 4.79 Å². The Balaban J connectivity index is 1.76. The molecular weight excluding hydrogens is 306 g/mol. The third-order valence-corrected chi connectivity index (χ3v) is 3.49. The van der Waals surface area contributed by atoms with Crippen molar-refractivity contribution in [3.8, 4) is 11.5 Å².